The van der Waals surface area contributed by atoms with Gasteiger partial charge in [-0.05, 0) is 84.9 Å². The molecule has 0 spiro atoms. The molecule has 0 atom stereocenters. The Labute approximate surface area is 427 Å². The van der Waals surface area contributed by atoms with Crippen LogP contribution in [0.1, 0.15) is 58.8 Å². The van der Waals surface area contributed by atoms with Crippen molar-refractivity contribution < 1.29 is 0 Å². The zero-order chi connectivity index (χ0) is 50.2. The van der Waals surface area contributed by atoms with Gasteiger partial charge in [-0.15, -0.1) is 0 Å². The molecule has 5 heterocycles. The van der Waals surface area contributed by atoms with E-state index in [9.17, 15) is 5.26 Å². The maximum Gasteiger partial charge on any atom is 0.163 e. The molecular weight excluding hydrogens is 905 g/mol. The van der Waals surface area contributed by atoms with Crippen molar-refractivity contribution in [2.75, 3.05) is 0 Å². The minimum absolute atomic E-state index is 0.371. The highest BCUT2D eigenvalue weighted by atomic mass is 15.1. The molecule has 0 saturated carbocycles. The summed E-state index contributed by atoms with van der Waals surface area (Å²) in [6.07, 6.45) is 0. The van der Waals surface area contributed by atoms with Crippen LogP contribution in [0.5, 0.6) is 0 Å². The standard InChI is InChI=1S/C66H50N8/c1-65(2,3)63-68-62(69-64(70-63)66(4,5)6)40-33-56(73-54-31-19-15-27-45(54)49-35-58-47(37-60(49)73)43-25-13-17-29-52(43)71(58)41-21-9-7-10-22-41)51(39-67)57(34-40)74-55-32-20-16-28-46(55)50-36-59-48(38-61(50)74)44-26-14-18-30-53(44)72(59)42-23-11-8-12-24-42/h7-38H,1-6H3. The average Bonchev–Trinajstić information content (AvgIpc) is 4.13. The van der Waals surface area contributed by atoms with Crippen molar-refractivity contribution >= 4 is 87.2 Å². The lowest BCUT2D eigenvalue weighted by Gasteiger charge is -2.23. The second kappa shape index (κ2) is 15.8. The van der Waals surface area contributed by atoms with Crippen molar-refractivity contribution in [1.82, 2.24) is 33.2 Å². The predicted molar refractivity (Wildman–Crippen MR) is 305 cm³/mol. The van der Waals surface area contributed by atoms with Crippen molar-refractivity contribution in [3.05, 3.63) is 211 Å². The number of fused-ring (bicyclic) bond motifs is 12. The molecule has 0 amide bonds. The van der Waals surface area contributed by atoms with Gasteiger partial charge in [0.15, 0.2) is 5.82 Å². The van der Waals surface area contributed by atoms with Crippen LogP contribution in [-0.4, -0.2) is 33.2 Å². The van der Waals surface area contributed by atoms with Crippen LogP contribution in [0.3, 0.4) is 0 Å². The maximum atomic E-state index is 12.0. The molecule has 14 rings (SSSR count). The molecule has 0 aliphatic rings. The van der Waals surface area contributed by atoms with Crippen LogP contribution in [-0.2, 0) is 10.8 Å². The van der Waals surface area contributed by atoms with Gasteiger partial charge >= 0.3 is 0 Å². The minimum Gasteiger partial charge on any atom is -0.309 e. The number of nitrogens with zero attached hydrogens (tertiary/aromatic N) is 8. The highest BCUT2D eigenvalue weighted by molar-refractivity contribution is 6.21. The fourth-order valence-electron chi connectivity index (χ4n) is 11.5. The quantitative estimate of drug-likeness (QED) is 0.172. The van der Waals surface area contributed by atoms with E-state index in [-0.39, 0.29) is 10.8 Å². The molecule has 5 aromatic heterocycles. The van der Waals surface area contributed by atoms with E-state index >= 15 is 0 Å². The average molecular weight is 955 g/mol. The predicted octanol–water partition coefficient (Wildman–Crippen LogP) is 16.4. The number of hydrogen-bond donors (Lipinski definition) is 0. The Balaban J connectivity index is 1.14. The van der Waals surface area contributed by atoms with Gasteiger partial charge in [0.05, 0.1) is 55.5 Å². The molecule has 0 unspecified atom stereocenters. The first-order chi connectivity index (χ1) is 35.9. The van der Waals surface area contributed by atoms with Crippen LogP contribution >= 0.6 is 0 Å². The van der Waals surface area contributed by atoms with Crippen molar-refractivity contribution in [2.24, 2.45) is 0 Å². The lowest BCUT2D eigenvalue weighted by atomic mass is 9.93. The van der Waals surface area contributed by atoms with Crippen LogP contribution in [0.25, 0.3) is 121 Å². The smallest absolute Gasteiger partial charge is 0.163 e. The fourth-order valence-corrected chi connectivity index (χ4v) is 11.5. The molecule has 0 aliphatic heterocycles. The van der Waals surface area contributed by atoms with Crippen LogP contribution in [0.2, 0.25) is 0 Å². The van der Waals surface area contributed by atoms with Gasteiger partial charge < -0.3 is 18.3 Å². The molecule has 74 heavy (non-hydrogen) atoms. The lowest BCUT2D eigenvalue weighted by molar-refractivity contribution is 0.497. The van der Waals surface area contributed by atoms with Crippen molar-refractivity contribution in [1.29, 1.82) is 5.26 Å². The third kappa shape index (κ3) is 6.42. The summed E-state index contributed by atoms with van der Waals surface area (Å²) in [5.74, 6) is 1.98. The Hall–Kier alpha value is -9.32. The van der Waals surface area contributed by atoms with Gasteiger partial charge in [-0.1, -0.05) is 151 Å². The fraction of sp³-hybridized carbons (Fsp3) is 0.121. The van der Waals surface area contributed by atoms with E-state index in [0.717, 1.165) is 116 Å². The second-order valence-corrected chi connectivity index (χ2v) is 21.7. The van der Waals surface area contributed by atoms with Gasteiger partial charge in [-0.3, -0.25) is 0 Å². The van der Waals surface area contributed by atoms with Crippen LogP contribution < -0.4 is 0 Å². The number of rotatable bonds is 5. The normalized spacial score (nSPS) is 12.4. The second-order valence-electron chi connectivity index (χ2n) is 21.7. The summed E-state index contributed by atoms with van der Waals surface area (Å²) in [6.45, 7) is 12.9. The topological polar surface area (TPSA) is 82.2 Å². The summed E-state index contributed by atoms with van der Waals surface area (Å²) in [7, 11) is 0. The van der Waals surface area contributed by atoms with Crippen molar-refractivity contribution in [2.45, 2.75) is 52.4 Å². The molecule has 14 aromatic rings. The molecular formula is C66H50N8. The van der Waals surface area contributed by atoms with Crippen LogP contribution in [0.4, 0.5) is 0 Å². The number of benzene rings is 9. The molecule has 8 nitrogen and oxygen atoms in total. The van der Waals surface area contributed by atoms with E-state index in [1.807, 2.05) is 0 Å². The van der Waals surface area contributed by atoms with Gasteiger partial charge in [-0.25, -0.2) is 15.0 Å². The first-order valence-corrected chi connectivity index (χ1v) is 25.3. The van der Waals surface area contributed by atoms with Gasteiger partial charge in [0.1, 0.15) is 23.3 Å². The summed E-state index contributed by atoms with van der Waals surface area (Å²) in [5, 5.41) is 20.9. The zero-order valence-corrected chi connectivity index (χ0v) is 42.1. The first kappa shape index (κ1) is 43.5. The summed E-state index contributed by atoms with van der Waals surface area (Å²) in [5.41, 5.74) is 12.7. The number of para-hydroxylation sites is 6. The maximum absolute atomic E-state index is 12.0. The van der Waals surface area contributed by atoms with Gasteiger partial charge in [0, 0.05) is 70.9 Å². The molecule has 9 aromatic carbocycles. The number of nitriles is 1. The minimum atomic E-state index is -0.371. The van der Waals surface area contributed by atoms with E-state index < -0.39 is 0 Å². The Kier molecular flexibility index (Phi) is 9.30. The summed E-state index contributed by atoms with van der Waals surface area (Å²) >= 11 is 0. The number of aromatic nitrogens is 7. The van der Waals surface area contributed by atoms with E-state index in [4.69, 9.17) is 15.0 Å². The van der Waals surface area contributed by atoms with Gasteiger partial charge in [0.2, 0.25) is 0 Å². The Morgan fingerprint density at radius 2 is 0.649 bits per heavy atom. The molecule has 0 fully saturated rings. The van der Waals surface area contributed by atoms with E-state index in [0.29, 0.717) is 23.0 Å². The van der Waals surface area contributed by atoms with Crippen LogP contribution in [0.15, 0.2) is 194 Å². The first-order valence-electron chi connectivity index (χ1n) is 25.3. The van der Waals surface area contributed by atoms with Crippen LogP contribution in [0, 0.1) is 11.3 Å². The van der Waals surface area contributed by atoms with Gasteiger partial charge in [0.25, 0.3) is 0 Å². The summed E-state index contributed by atoms with van der Waals surface area (Å²) in [4.78, 5) is 15.8. The molecule has 0 saturated heterocycles. The largest absolute Gasteiger partial charge is 0.309 e. The molecule has 0 N–H and O–H groups in total. The van der Waals surface area contributed by atoms with E-state index in [1.165, 1.54) is 0 Å². The Morgan fingerprint density at radius 1 is 0.338 bits per heavy atom. The highest BCUT2D eigenvalue weighted by Crippen LogP contribution is 2.45. The van der Waals surface area contributed by atoms with Crippen molar-refractivity contribution in [3.63, 3.8) is 0 Å². The zero-order valence-electron chi connectivity index (χ0n) is 42.1. The lowest BCUT2D eigenvalue weighted by Crippen LogP contribution is -2.24. The van der Waals surface area contributed by atoms with E-state index in [2.05, 4.69) is 260 Å². The number of hydrogen-bond acceptors (Lipinski definition) is 4. The summed E-state index contributed by atoms with van der Waals surface area (Å²) in [6, 6.07) is 72.1. The SMILES string of the molecule is CC(C)(C)c1nc(-c2cc(-n3c4ccccc4c4cc5c(cc43)c3ccccc3n5-c3ccccc3)c(C#N)c(-n3c4ccccc4c4cc5c(cc43)c3ccccc3n5-c3ccccc3)c2)nc(C(C)(C)C)n1. The summed E-state index contributed by atoms with van der Waals surface area (Å²) < 4.78 is 9.35. The molecule has 0 aliphatic carbocycles. The Bertz CT molecular complexity index is 4390. The third-order valence-electron chi connectivity index (χ3n) is 14.9. The molecule has 8 heteroatoms. The third-order valence-corrected chi connectivity index (χ3v) is 14.9. The monoisotopic (exact) mass is 954 g/mol. The van der Waals surface area contributed by atoms with Crippen molar-refractivity contribution in [3.8, 4) is 40.2 Å². The highest BCUT2D eigenvalue weighted by Gasteiger charge is 2.29. The Morgan fingerprint density at radius 3 is 0.986 bits per heavy atom. The molecule has 0 radical (unpaired) electrons. The molecule has 0 bridgehead atoms. The van der Waals surface area contributed by atoms with E-state index in [1.54, 1.807) is 0 Å². The van der Waals surface area contributed by atoms with Gasteiger partial charge in [-0.2, -0.15) is 5.26 Å². The molecule has 354 valence electrons.